The van der Waals surface area contributed by atoms with Gasteiger partial charge in [0.05, 0.1) is 19.9 Å². The van der Waals surface area contributed by atoms with Gasteiger partial charge in [-0.25, -0.2) is 0 Å². The van der Waals surface area contributed by atoms with Gasteiger partial charge in [-0.1, -0.05) is 0 Å². The van der Waals surface area contributed by atoms with Crippen LogP contribution < -0.4 is 20.1 Å². The van der Waals surface area contributed by atoms with Gasteiger partial charge in [0.25, 0.3) is 0 Å². The van der Waals surface area contributed by atoms with E-state index < -0.39 is 0 Å². The van der Waals surface area contributed by atoms with Crippen LogP contribution >= 0.6 is 0 Å². The molecule has 1 unspecified atom stereocenters. The molecule has 0 aliphatic carbocycles. The number of amides is 1. The largest absolute Gasteiger partial charge is 0.493 e. The van der Waals surface area contributed by atoms with Crippen molar-refractivity contribution in [1.82, 2.24) is 0 Å². The first-order valence-electron chi connectivity index (χ1n) is 6.30. The van der Waals surface area contributed by atoms with E-state index in [9.17, 15) is 9.59 Å². The molecule has 2 rings (SSSR count). The molecule has 108 valence electrons. The van der Waals surface area contributed by atoms with Crippen LogP contribution in [0.5, 0.6) is 11.5 Å². The lowest BCUT2D eigenvalue weighted by atomic mass is 10.1. The summed E-state index contributed by atoms with van der Waals surface area (Å²) in [5, 5.41) is 0. The molecule has 1 heterocycles. The molecule has 0 bridgehead atoms. The molecule has 1 aliphatic rings. The number of rotatable bonds is 4. The Kier molecular flexibility index (Phi) is 3.94. The van der Waals surface area contributed by atoms with Gasteiger partial charge in [0.2, 0.25) is 5.91 Å². The Bertz CT molecular complexity index is 556. The van der Waals surface area contributed by atoms with E-state index in [-0.39, 0.29) is 24.2 Å². The van der Waals surface area contributed by atoms with E-state index in [0.717, 1.165) is 0 Å². The number of nitrogens with two attached hydrogens (primary N) is 1. The first-order chi connectivity index (χ1) is 9.47. The van der Waals surface area contributed by atoms with Crippen molar-refractivity contribution in [3.8, 4) is 11.5 Å². The Labute approximate surface area is 117 Å². The normalized spacial score (nSPS) is 18.3. The van der Waals surface area contributed by atoms with E-state index in [0.29, 0.717) is 29.3 Å². The lowest BCUT2D eigenvalue weighted by molar-refractivity contribution is -0.117. The van der Waals surface area contributed by atoms with Gasteiger partial charge < -0.3 is 20.1 Å². The number of hydrogen-bond acceptors (Lipinski definition) is 5. The first kappa shape index (κ1) is 14.3. The number of carbonyl (C=O) groups excluding carboxylic acids is 2. The molecule has 0 saturated carbocycles. The molecule has 1 amide bonds. The van der Waals surface area contributed by atoms with Gasteiger partial charge in [0.15, 0.2) is 17.3 Å². The molecule has 1 saturated heterocycles. The van der Waals surface area contributed by atoms with Gasteiger partial charge in [-0.15, -0.1) is 0 Å². The van der Waals surface area contributed by atoms with Gasteiger partial charge in [0, 0.05) is 30.6 Å². The zero-order valence-electron chi connectivity index (χ0n) is 11.8. The molecule has 1 aliphatic heterocycles. The number of anilines is 1. The van der Waals surface area contributed by atoms with Crippen molar-refractivity contribution in [3.63, 3.8) is 0 Å². The minimum absolute atomic E-state index is 0.0905. The molecule has 6 heteroatoms. The third-order valence-electron chi connectivity index (χ3n) is 3.33. The zero-order chi connectivity index (χ0) is 14.9. The highest BCUT2D eigenvalue weighted by Crippen LogP contribution is 2.36. The quantitative estimate of drug-likeness (QED) is 0.830. The number of methoxy groups -OCH3 is 2. The number of benzene rings is 1. The van der Waals surface area contributed by atoms with Crippen LogP contribution in [-0.2, 0) is 4.79 Å². The average molecular weight is 278 g/mol. The summed E-state index contributed by atoms with van der Waals surface area (Å²) in [5.74, 6) is 0.694. The van der Waals surface area contributed by atoms with Crippen LogP contribution in [0.25, 0.3) is 0 Å². The number of hydrogen-bond donors (Lipinski definition) is 1. The third-order valence-corrected chi connectivity index (χ3v) is 3.33. The van der Waals surface area contributed by atoms with E-state index in [1.54, 1.807) is 12.1 Å². The molecule has 2 N–H and O–H groups in total. The van der Waals surface area contributed by atoms with Crippen LogP contribution in [-0.4, -0.2) is 38.5 Å². The summed E-state index contributed by atoms with van der Waals surface area (Å²) < 4.78 is 10.4. The number of nitrogens with zero attached hydrogens (tertiary/aromatic N) is 1. The van der Waals surface area contributed by atoms with Crippen molar-refractivity contribution in [2.24, 2.45) is 5.73 Å². The van der Waals surface area contributed by atoms with E-state index in [2.05, 4.69) is 0 Å². The summed E-state index contributed by atoms with van der Waals surface area (Å²) in [6.07, 6.45) is 0.283. The summed E-state index contributed by atoms with van der Waals surface area (Å²) in [7, 11) is 3.00. The van der Waals surface area contributed by atoms with Crippen molar-refractivity contribution < 1.29 is 19.1 Å². The molecule has 1 atom stereocenters. The summed E-state index contributed by atoms with van der Waals surface area (Å²) in [6.45, 7) is 1.85. The molecule has 1 fully saturated rings. The maximum Gasteiger partial charge on any atom is 0.228 e. The predicted molar refractivity (Wildman–Crippen MR) is 74.5 cm³/mol. The first-order valence-corrected chi connectivity index (χ1v) is 6.30. The molecule has 6 nitrogen and oxygen atoms in total. The minimum atomic E-state index is -0.213. The van der Waals surface area contributed by atoms with Crippen LogP contribution in [0, 0.1) is 0 Å². The van der Waals surface area contributed by atoms with E-state index in [1.165, 1.54) is 26.0 Å². The number of ether oxygens (including phenoxy) is 2. The smallest absolute Gasteiger partial charge is 0.228 e. The fourth-order valence-corrected chi connectivity index (χ4v) is 2.34. The Morgan fingerprint density at radius 2 is 1.90 bits per heavy atom. The van der Waals surface area contributed by atoms with Gasteiger partial charge >= 0.3 is 0 Å². The number of carbonyl (C=O) groups is 2. The molecule has 20 heavy (non-hydrogen) atoms. The summed E-state index contributed by atoms with van der Waals surface area (Å²) in [4.78, 5) is 25.3. The monoisotopic (exact) mass is 278 g/mol. The summed E-state index contributed by atoms with van der Waals surface area (Å²) >= 11 is 0. The van der Waals surface area contributed by atoms with E-state index in [1.807, 2.05) is 0 Å². The molecule has 1 aromatic carbocycles. The number of ketones is 1. The molecule has 0 radical (unpaired) electrons. The maximum absolute atomic E-state index is 12.0. The van der Waals surface area contributed by atoms with Crippen molar-refractivity contribution in [2.45, 2.75) is 19.4 Å². The van der Waals surface area contributed by atoms with Gasteiger partial charge in [-0.3, -0.25) is 9.59 Å². The second-order valence-electron chi connectivity index (χ2n) is 4.75. The third kappa shape index (κ3) is 2.46. The lowest BCUT2D eigenvalue weighted by Crippen LogP contribution is -2.29. The molecule has 0 spiro atoms. The fourth-order valence-electron chi connectivity index (χ4n) is 2.34. The van der Waals surface area contributed by atoms with Crippen molar-refractivity contribution >= 4 is 17.4 Å². The van der Waals surface area contributed by atoms with Crippen molar-refractivity contribution in [2.75, 3.05) is 25.7 Å². The van der Waals surface area contributed by atoms with E-state index in [4.69, 9.17) is 15.2 Å². The molecule has 1 aromatic rings. The minimum Gasteiger partial charge on any atom is -0.493 e. The van der Waals surface area contributed by atoms with Crippen molar-refractivity contribution in [1.29, 1.82) is 0 Å². The Balaban J connectivity index is 2.55. The van der Waals surface area contributed by atoms with Crippen LogP contribution in [0.3, 0.4) is 0 Å². The second kappa shape index (κ2) is 5.50. The highest BCUT2D eigenvalue weighted by atomic mass is 16.5. The average Bonchev–Trinajstić information content (AvgIpc) is 2.75. The lowest BCUT2D eigenvalue weighted by Gasteiger charge is -2.21. The number of Topliss-reactive ketones (excluding diaryl/α,β-unsaturated/α-hetero) is 1. The van der Waals surface area contributed by atoms with Gasteiger partial charge in [0.1, 0.15) is 0 Å². The predicted octanol–water partition coefficient (Wildman–Crippen LogP) is 0.970. The van der Waals surface area contributed by atoms with Gasteiger partial charge in [-0.05, 0) is 13.0 Å². The molecular formula is C14H18N2O4. The Hall–Kier alpha value is -2.08. The Morgan fingerprint density at radius 1 is 1.30 bits per heavy atom. The summed E-state index contributed by atoms with van der Waals surface area (Å²) in [5.41, 5.74) is 6.75. The van der Waals surface area contributed by atoms with E-state index >= 15 is 0 Å². The maximum atomic E-state index is 12.0. The van der Waals surface area contributed by atoms with Crippen LogP contribution in [0.15, 0.2) is 12.1 Å². The molecular weight excluding hydrogens is 260 g/mol. The van der Waals surface area contributed by atoms with Crippen LogP contribution in [0.1, 0.15) is 23.7 Å². The topological polar surface area (TPSA) is 81.9 Å². The van der Waals surface area contributed by atoms with Crippen LogP contribution in [0.4, 0.5) is 5.69 Å². The fraction of sp³-hybridized carbons (Fsp3) is 0.429. The highest BCUT2D eigenvalue weighted by molar-refractivity contribution is 6.06. The highest BCUT2D eigenvalue weighted by Gasteiger charge is 2.31. The van der Waals surface area contributed by atoms with Crippen LogP contribution in [0.2, 0.25) is 0 Å². The second-order valence-corrected chi connectivity index (χ2v) is 4.75. The van der Waals surface area contributed by atoms with Gasteiger partial charge in [-0.2, -0.15) is 0 Å². The zero-order valence-corrected chi connectivity index (χ0v) is 11.8. The molecule has 0 aromatic heterocycles. The Morgan fingerprint density at radius 3 is 2.35 bits per heavy atom. The summed E-state index contributed by atoms with van der Waals surface area (Å²) in [6, 6.07) is 3.02. The van der Waals surface area contributed by atoms with Crippen molar-refractivity contribution in [3.05, 3.63) is 17.7 Å². The SMILES string of the molecule is COc1cc(C(C)=O)c(N2CC(N)CC2=O)cc1OC. The standard InChI is InChI=1S/C14H18N2O4/c1-8(17)10-5-12(19-2)13(20-3)6-11(10)16-7-9(15)4-14(16)18/h5-6,9H,4,7,15H2,1-3H3.